The summed E-state index contributed by atoms with van der Waals surface area (Å²) in [5.74, 6) is -0.945. The predicted molar refractivity (Wildman–Crippen MR) is 121 cm³/mol. The molecule has 1 aromatic carbocycles. The van der Waals surface area contributed by atoms with E-state index in [1.54, 1.807) is 24.3 Å². The zero-order valence-corrected chi connectivity index (χ0v) is 30.9. The van der Waals surface area contributed by atoms with Crippen LogP contribution in [0.2, 0.25) is 0 Å². The van der Waals surface area contributed by atoms with E-state index in [2.05, 4.69) is 10.6 Å². The molecule has 0 saturated carbocycles. The number of ketones is 3. The molecule has 1 rings (SSSR count). The largest absolute Gasteiger partial charge is 1.00 e. The number of ether oxygens (including phenoxy) is 1. The first-order valence-electron chi connectivity index (χ1n) is 10.8. The molecule has 10 heteroatoms. The third kappa shape index (κ3) is 19.9. The zero-order valence-electron chi connectivity index (χ0n) is 21.1. The summed E-state index contributed by atoms with van der Waals surface area (Å²) in [6.45, 7) is 6.20. The number of amides is 2. The minimum atomic E-state index is -0.608. The molecule has 0 heterocycles. The van der Waals surface area contributed by atoms with Gasteiger partial charge in [0.2, 0.25) is 0 Å². The van der Waals surface area contributed by atoms with Crippen LogP contribution in [0, 0.1) is 5.92 Å². The monoisotopic (exact) mass is 614 g/mol. The first-order chi connectivity index (χ1) is 15.2. The maximum atomic E-state index is 11.9. The maximum Gasteiger partial charge on any atom is 1.00 e. The minimum absolute atomic E-state index is 0. The second kappa shape index (κ2) is 21.8. The summed E-state index contributed by atoms with van der Waals surface area (Å²) >= 11 is 0. The van der Waals surface area contributed by atoms with Crippen LogP contribution in [0.25, 0.3) is 10.6 Å². The van der Waals surface area contributed by atoms with Gasteiger partial charge in [0.15, 0.2) is 0 Å². The van der Waals surface area contributed by atoms with Gasteiger partial charge in [0.1, 0.15) is 17.3 Å². The van der Waals surface area contributed by atoms with Crippen LogP contribution in [0.5, 0.6) is 0 Å². The van der Waals surface area contributed by atoms with Crippen LogP contribution in [0.3, 0.4) is 0 Å². The summed E-state index contributed by atoms with van der Waals surface area (Å²) in [6.07, 6.45) is 1.32. The van der Waals surface area contributed by atoms with E-state index in [9.17, 15) is 24.0 Å². The molecular weight excluding hydrogens is 583 g/mol. The van der Waals surface area contributed by atoms with Crippen molar-refractivity contribution >= 4 is 34.9 Å². The number of Topliss-reactive ketones (excluding diaryl/α,β-unsaturated/α-hetero) is 3. The topological polar surface area (TPSA) is 123 Å². The number of nitrogens with zero attached hydrogens (tertiary/aromatic N) is 2. The summed E-state index contributed by atoms with van der Waals surface area (Å²) in [5.41, 5.74) is 1.10. The van der Waals surface area contributed by atoms with Gasteiger partial charge in [0.25, 0.3) is 0 Å². The Balaban J connectivity index is 0. The van der Waals surface area contributed by atoms with E-state index < -0.39 is 18.2 Å². The number of carbonyl (C=O) groups excluding carboxylic acids is 5. The fraction of sp³-hybridized carbons (Fsp3) is 0.542. The first kappa shape index (κ1) is 36.9. The zero-order chi connectivity index (χ0) is 23.9. The second-order valence-electron chi connectivity index (χ2n) is 8.07. The number of hydrogen-bond acceptors (Lipinski definition) is 6. The number of benzene rings is 1. The Bertz CT molecular complexity index is 797. The fourth-order valence-electron chi connectivity index (χ4n) is 2.89. The van der Waals surface area contributed by atoms with Gasteiger partial charge in [-0.05, 0) is 24.8 Å². The van der Waals surface area contributed by atoms with Crippen LogP contribution < -0.4 is 116 Å². The van der Waals surface area contributed by atoms with Crippen molar-refractivity contribution in [2.24, 2.45) is 5.92 Å². The smallest absolute Gasteiger partial charge is 0.651 e. The molecule has 0 saturated heterocycles. The van der Waals surface area contributed by atoms with Crippen molar-refractivity contribution < 1.29 is 145 Å². The quantitative estimate of drug-likeness (QED) is 0.157. The first-order valence-corrected chi connectivity index (χ1v) is 10.8. The van der Waals surface area contributed by atoms with E-state index in [1.807, 2.05) is 13.8 Å². The van der Waals surface area contributed by atoms with Gasteiger partial charge < -0.3 is 25.0 Å². The average Bonchev–Trinajstić information content (AvgIpc) is 2.67. The summed E-state index contributed by atoms with van der Waals surface area (Å²) in [6, 6.07) is 6.47. The Kier molecular flexibility index (Phi) is 23.6. The van der Waals surface area contributed by atoms with Crippen molar-refractivity contribution in [2.45, 2.75) is 59.3 Å². The molecule has 0 aliphatic carbocycles. The van der Waals surface area contributed by atoms with Crippen LogP contribution in [0.1, 0.15) is 58.4 Å². The van der Waals surface area contributed by atoms with E-state index in [4.69, 9.17) is 4.74 Å². The molecule has 0 radical (unpaired) electrons. The molecule has 0 aromatic heterocycles. The molecular formula is C24H32N2O6Rb2. The van der Waals surface area contributed by atoms with Crippen molar-refractivity contribution in [3.63, 3.8) is 0 Å². The second-order valence-corrected chi connectivity index (χ2v) is 8.07. The fourth-order valence-corrected chi connectivity index (χ4v) is 2.89. The summed E-state index contributed by atoms with van der Waals surface area (Å²) in [5, 5.41) is 7.62. The van der Waals surface area contributed by atoms with Crippen LogP contribution >= 0.6 is 0 Å². The predicted octanol–water partition coefficient (Wildman–Crippen LogP) is -1.98. The number of rotatable bonds is 16. The normalized spacial score (nSPS) is 10.0. The van der Waals surface area contributed by atoms with Crippen LogP contribution in [0.15, 0.2) is 24.3 Å². The van der Waals surface area contributed by atoms with Crippen molar-refractivity contribution in [3.8, 4) is 0 Å². The number of hydrogen-bond donors (Lipinski definition) is 0. The van der Waals surface area contributed by atoms with Gasteiger partial charge in [-0.15, -0.1) is 12.2 Å². The maximum absolute atomic E-state index is 11.9. The third-order valence-electron chi connectivity index (χ3n) is 4.24. The van der Waals surface area contributed by atoms with Gasteiger partial charge in [0, 0.05) is 38.9 Å². The minimum Gasteiger partial charge on any atom is -0.651 e. The van der Waals surface area contributed by atoms with E-state index in [1.165, 1.54) is 6.92 Å². The van der Waals surface area contributed by atoms with Gasteiger partial charge in [-0.1, -0.05) is 38.1 Å². The SMILES string of the molecule is CC(=O)CC(=O)Cc1ccc([N-]C(=O)CC(=O)[N-]CCOCCCC(=O)CC(C)C)cc1.[Rb+].[Rb+]. The summed E-state index contributed by atoms with van der Waals surface area (Å²) < 4.78 is 5.35. The Morgan fingerprint density at radius 1 is 0.882 bits per heavy atom. The standard InChI is InChI=1S/C24H34N2O6.2Rb/c1-17(2)13-21(28)5-4-11-32-12-10-25-23(30)16-24(31)26-20-8-6-19(7-9-20)15-22(29)14-18(3)27;;/h6-9,17H,4-5,10-16H2,1-3H3,(H2,25,26,30,31);;/q;2*+1/p-2. The molecule has 176 valence electrons. The average molecular weight is 615 g/mol. The Morgan fingerprint density at radius 3 is 2.12 bits per heavy atom. The van der Waals surface area contributed by atoms with E-state index in [0.29, 0.717) is 37.5 Å². The Morgan fingerprint density at radius 2 is 1.53 bits per heavy atom. The van der Waals surface area contributed by atoms with Gasteiger partial charge in [-0.3, -0.25) is 14.4 Å². The molecule has 8 nitrogen and oxygen atoms in total. The van der Waals surface area contributed by atoms with Gasteiger partial charge >= 0.3 is 116 Å². The van der Waals surface area contributed by atoms with E-state index in [-0.39, 0.29) is 160 Å². The van der Waals surface area contributed by atoms with Crippen LogP contribution in [0.4, 0.5) is 5.69 Å². The van der Waals surface area contributed by atoms with Gasteiger partial charge in [0.05, 0.1) is 18.2 Å². The van der Waals surface area contributed by atoms with Crippen molar-refractivity contribution in [1.82, 2.24) is 0 Å². The molecule has 0 bridgehead atoms. The summed E-state index contributed by atoms with van der Waals surface area (Å²) in [7, 11) is 0. The molecule has 0 unspecified atom stereocenters. The molecule has 34 heavy (non-hydrogen) atoms. The molecule has 2 amide bonds. The molecule has 0 spiro atoms. The van der Waals surface area contributed by atoms with Crippen molar-refractivity contribution in [2.75, 3.05) is 19.8 Å². The van der Waals surface area contributed by atoms with Crippen molar-refractivity contribution in [1.29, 1.82) is 0 Å². The molecule has 0 aliphatic rings. The van der Waals surface area contributed by atoms with E-state index >= 15 is 0 Å². The molecule has 0 atom stereocenters. The van der Waals surface area contributed by atoms with Crippen LogP contribution in [-0.2, 0) is 35.1 Å². The third-order valence-corrected chi connectivity index (χ3v) is 4.24. The molecule has 0 fully saturated rings. The van der Waals surface area contributed by atoms with Crippen molar-refractivity contribution in [3.05, 3.63) is 40.5 Å². The number of carbonyl (C=O) groups is 5. The molecule has 1 aromatic rings. The van der Waals surface area contributed by atoms with E-state index in [0.717, 1.165) is 5.56 Å². The van der Waals surface area contributed by atoms with Gasteiger partial charge in [-0.2, -0.15) is 0 Å². The van der Waals surface area contributed by atoms with Crippen LogP contribution in [-0.4, -0.2) is 48.9 Å². The molecule has 0 aliphatic heterocycles. The summed E-state index contributed by atoms with van der Waals surface area (Å²) in [4.78, 5) is 57.9. The Labute approximate surface area is 300 Å². The van der Waals surface area contributed by atoms with Gasteiger partial charge in [-0.25, -0.2) is 0 Å². The Hall–Kier alpha value is 0.740. The molecule has 0 N–H and O–H groups in total.